The molecule has 1 aliphatic heterocycles. The molecule has 2 aromatic rings. The van der Waals surface area contributed by atoms with Crippen LogP contribution in [0.1, 0.15) is 35.2 Å². The third-order valence-electron chi connectivity index (χ3n) is 4.53. The number of carbonyl (C=O) groups excluding carboxylic acids is 3. The van der Waals surface area contributed by atoms with Crippen molar-refractivity contribution in [2.45, 2.75) is 25.8 Å². The Morgan fingerprint density at radius 1 is 0.867 bits per heavy atom. The molecule has 3 amide bonds. The lowest BCUT2D eigenvalue weighted by Gasteiger charge is -2.35. The first-order valence-electron chi connectivity index (χ1n) is 8.93. The second-order valence-corrected chi connectivity index (χ2v) is 6.54. The summed E-state index contributed by atoms with van der Waals surface area (Å²) in [6, 6.07) is 10.1. The van der Waals surface area contributed by atoms with Crippen molar-refractivity contribution in [3.8, 4) is 0 Å². The topological polar surface area (TPSA) is 144 Å². The van der Waals surface area contributed by atoms with Crippen LogP contribution < -0.4 is 0 Å². The van der Waals surface area contributed by atoms with Crippen molar-refractivity contribution in [1.82, 2.24) is 10.0 Å². The van der Waals surface area contributed by atoms with E-state index in [2.05, 4.69) is 0 Å². The maximum absolute atomic E-state index is 13.1. The van der Waals surface area contributed by atoms with E-state index in [9.17, 15) is 34.6 Å². The lowest BCUT2D eigenvalue weighted by Crippen LogP contribution is -2.54. The lowest BCUT2D eigenvalue weighted by molar-refractivity contribution is -0.385. The van der Waals surface area contributed by atoms with Gasteiger partial charge in [-0.25, -0.2) is 5.01 Å². The van der Waals surface area contributed by atoms with Crippen LogP contribution in [0.5, 0.6) is 0 Å². The molecule has 0 radical (unpaired) electrons. The summed E-state index contributed by atoms with van der Waals surface area (Å²) in [5.74, 6) is -1.78. The molecular formula is C19H16N4O7. The molecule has 0 spiro atoms. The molecule has 0 unspecified atom stereocenters. The zero-order chi connectivity index (χ0) is 21.8. The van der Waals surface area contributed by atoms with Crippen LogP contribution in [-0.2, 0) is 16.1 Å². The zero-order valence-electron chi connectivity index (χ0n) is 15.6. The molecule has 0 saturated carbocycles. The van der Waals surface area contributed by atoms with Gasteiger partial charge in [0.25, 0.3) is 17.3 Å². The number of imide groups is 1. The second-order valence-electron chi connectivity index (χ2n) is 6.54. The molecule has 3 rings (SSSR count). The van der Waals surface area contributed by atoms with Crippen LogP contribution in [0, 0.1) is 20.2 Å². The van der Waals surface area contributed by atoms with E-state index >= 15 is 0 Å². The fourth-order valence-electron chi connectivity index (χ4n) is 3.02. The Morgan fingerprint density at radius 3 is 1.80 bits per heavy atom. The fourth-order valence-corrected chi connectivity index (χ4v) is 3.02. The standard InChI is InChI=1S/C19H16N4O7/c24-17-2-1-3-18(25)21(17)20(12-13-4-8-15(9-5-13)22(27)28)19(26)14-6-10-16(11-7-14)23(29)30/h4-11H,1-3,12H2. The molecule has 0 aliphatic carbocycles. The summed E-state index contributed by atoms with van der Waals surface area (Å²) < 4.78 is 0. The number of amides is 3. The molecule has 1 fully saturated rings. The molecule has 1 aliphatic rings. The van der Waals surface area contributed by atoms with Crippen molar-refractivity contribution in [2.75, 3.05) is 0 Å². The van der Waals surface area contributed by atoms with Crippen LogP contribution in [0.4, 0.5) is 11.4 Å². The van der Waals surface area contributed by atoms with Gasteiger partial charge in [0.05, 0.1) is 16.4 Å². The molecular weight excluding hydrogens is 396 g/mol. The van der Waals surface area contributed by atoms with Crippen molar-refractivity contribution in [1.29, 1.82) is 0 Å². The first-order chi connectivity index (χ1) is 14.3. The molecule has 2 aromatic carbocycles. The molecule has 154 valence electrons. The van der Waals surface area contributed by atoms with Crippen molar-refractivity contribution < 1.29 is 24.2 Å². The van der Waals surface area contributed by atoms with E-state index in [0.29, 0.717) is 12.0 Å². The Labute approximate surface area is 169 Å². The van der Waals surface area contributed by atoms with Crippen molar-refractivity contribution in [3.63, 3.8) is 0 Å². The normalized spacial score (nSPS) is 13.8. The quantitative estimate of drug-likeness (QED) is 0.403. The first kappa shape index (κ1) is 20.6. The number of non-ortho nitro benzene ring substituents is 2. The van der Waals surface area contributed by atoms with Gasteiger partial charge in [-0.1, -0.05) is 12.1 Å². The van der Waals surface area contributed by atoms with Crippen LogP contribution in [0.2, 0.25) is 0 Å². The number of nitro groups is 2. The summed E-state index contributed by atoms with van der Waals surface area (Å²) in [4.78, 5) is 58.4. The molecule has 30 heavy (non-hydrogen) atoms. The summed E-state index contributed by atoms with van der Waals surface area (Å²) in [7, 11) is 0. The number of carbonyl (C=O) groups is 3. The number of nitrogens with zero attached hydrogens (tertiary/aromatic N) is 4. The van der Waals surface area contributed by atoms with Gasteiger partial charge >= 0.3 is 0 Å². The Hall–Kier alpha value is -4.15. The van der Waals surface area contributed by atoms with Gasteiger partial charge in [0.1, 0.15) is 0 Å². The van der Waals surface area contributed by atoms with E-state index in [-0.39, 0.29) is 36.3 Å². The van der Waals surface area contributed by atoms with E-state index in [1.165, 1.54) is 36.4 Å². The van der Waals surface area contributed by atoms with Gasteiger partial charge in [-0.05, 0) is 24.1 Å². The summed E-state index contributed by atoms with van der Waals surface area (Å²) >= 11 is 0. The van der Waals surface area contributed by atoms with Crippen molar-refractivity contribution >= 4 is 29.1 Å². The molecule has 0 aromatic heterocycles. The smallest absolute Gasteiger partial charge is 0.273 e. The summed E-state index contributed by atoms with van der Waals surface area (Å²) in [5, 5.41) is 23.4. The number of hydrazine groups is 1. The Balaban J connectivity index is 1.95. The molecule has 0 bridgehead atoms. The number of piperidine rings is 1. The predicted molar refractivity (Wildman–Crippen MR) is 102 cm³/mol. The van der Waals surface area contributed by atoms with Crippen LogP contribution in [0.3, 0.4) is 0 Å². The summed E-state index contributed by atoms with van der Waals surface area (Å²) in [6.07, 6.45) is 0.567. The molecule has 1 saturated heterocycles. The van der Waals surface area contributed by atoms with Gasteiger partial charge in [-0.15, -0.1) is 0 Å². The number of rotatable bonds is 6. The minimum Gasteiger partial charge on any atom is -0.273 e. The SMILES string of the molecule is O=C(c1ccc([N+](=O)[O-])cc1)N(Cc1ccc([N+](=O)[O-])cc1)N1C(=O)CCCC1=O. The lowest BCUT2D eigenvalue weighted by atomic mass is 10.1. The van der Waals surface area contributed by atoms with Gasteiger partial charge in [0.2, 0.25) is 11.8 Å². The fraction of sp³-hybridized carbons (Fsp3) is 0.211. The molecule has 0 N–H and O–H groups in total. The van der Waals surface area contributed by atoms with Crippen LogP contribution in [0.15, 0.2) is 48.5 Å². The predicted octanol–water partition coefficient (Wildman–Crippen LogP) is 2.60. The van der Waals surface area contributed by atoms with Crippen molar-refractivity contribution in [2.24, 2.45) is 0 Å². The van der Waals surface area contributed by atoms with Crippen LogP contribution >= 0.6 is 0 Å². The van der Waals surface area contributed by atoms with Gasteiger partial charge < -0.3 is 0 Å². The minimum absolute atomic E-state index is 0.0497. The molecule has 11 heteroatoms. The maximum Gasteiger partial charge on any atom is 0.273 e. The summed E-state index contributed by atoms with van der Waals surface area (Å²) in [5.41, 5.74) is 0.159. The van der Waals surface area contributed by atoms with E-state index in [1.54, 1.807) is 0 Å². The molecule has 11 nitrogen and oxygen atoms in total. The van der Waals surface area contributed by atoms with Crippen LogP contribution in [0.25, 0.3) is 0 Å². The highest BCUT2D eigenvalue weighted by Gasteiger charge is 2.35. The van der Waals surface area contributed by atoms with E-state index in [1.807, 2.05) is 0 Å². The first-order valence-corrected chi connectivity index (χ1v) is 8.93. The Morgan fingerprint density at radius 2 is 1.33 bits per heavy atom. The molecule has 0 atom stereocenters. The number of benzene rings is 2. The minimum atomic E-state index is -0.702. The van der Waals surface area contributed by atoms with Gasteiger partial charge in [-0.2, -0.15) is 5.01 Å². The average molecular weight is 412 g/mol. The van der Waals surface area contributed by atoms with Crippen LogP contribution in [-0.4, -0.2) is 37.6 Å². The van der Waals surface area contributed by atoms with E-state index in [4.69, 9.17) is 0 Å². The maximum atomic E-state index is 13.1. The van der Waals surface area contributed by atoms with Gasteiger partial charge in [0, 0.05) is 42.7 Å². The van der Waals surface area contributed by atoms with E-state index in [0.717, 1.165) is 22.2 Å². The Kier molecular flexibility index (Phi) is 5.81. The number of nitro benzene ring substituents is 2. The van der Waals surface area contributed by atoms with Gasteiger partial charge in [-0.3, -0.25) is 34.6 Å². The zero-order valence-corrected chi connectivity index (χ0v) is 15.6. The number of hydrogen-bond acceptors (Lipinski definition) is 7. The summed E-state index contributed by atoms with van der Waals surface area (Å²) in [6.45, 7) is -0.189. The average Bonchev–Trinajstić information content (AvgIpc) is 2.72. The van der Waals surface area contributed by atoms with Crippen molar-refractivity contribution in [3.05, 3.63) is 79.9 Å². The third-order valence-corrected chi connectivity index (χ3v) is 4.53. The highest BCUT2D eigenvalue weighted by Crippen LogP contribution is 2.22. The molecule has 1 heterocycles. The Bertz CT molecular complexity index is 1000. The highest BCUT2D eigenvalue weighted by molar-refractivity contribution is 6.02. The third kappa shape index (κ3) is 4.29. The van der Waals surface area contributed by atoms with Gasteiger partial charge in [0.15, 0.2) is 0 Å². The largest absolute Gasteiger partial charge is 0.273 e. The second kappa shape index (κ2) is 8.47. The monoisotopic (exact) mass is 412 g/mol. The van der Waals surface area contributed by atoms with E-state index < -0.39 is 27.6 Å². The highest BCUT2D eigenvalue weighted by atomic mass is 16.6. The number of hydrogen-bond donors (Lipinski definition) is 0.